The van der Waals surface area contributed by atoms with Crippen molar-refractivity contribution in [1.82, 2.24) is 24.6 Å². The summed E-state index contributed by atoms with van der Waals surface area (Å²) in [7, 11) is 0. The largest absolute Gasteiger partial charge is 0.342 e. The van der Waals surface area contributed by atoms with Gasteiger partial charge in [0.05, 0.1) is 5.69 Å². The van der Waals surface area contributed by atoms with E-state index >= 15 is 0 Å². The Bertz CT molecular complexity index is 786. The lowest BCUT2D eigenvalue weighted by Gasteiger charge is -2.48. The number of carbonyl (C=O) groups is 1. The molecule has 150 valence electrons. The zero-order valence-electron chi connectivity index (χ0n) is 16.9. The number of rotatable bonds is 5. The average Bonchev–Trinajstić information content (AvgIpc) is 3.20. The van der Waals surface area contributed by atoms with E-state index in [9.17, 15) is 4.79 Å². The summed E-state index contributed by atoms with van der Waals surface area (Å²) in [4.78, 5) is 22.1. The summed E-state index contributed by atoms with van der Waals surface area (Å²) in [5.41, 5.74) is 2.48. The first-order valence-electron chi connectivity index (χ1n) is 10.5. The zero-order chi connectivity index (χ0) is 19.4. The molecule has 6 heteroatoms. The number of pyridine rings is 1. The van der Waals surface area contributed by atoms with Crippen molar-refractivity contribution in [2.24, 2.45) is 5.41 Å². The second-order valence-corrected chi connectivity index (χ2v) is 8.52. The van der Waals surface area contributed by atoms with Gasteiger partial charge in [0.25, 0.3) is 0 Å². The molecule has 4 heterocycles. The van der Waals surface area contributed by atoms with Gasteiger partial charge in [0.15, 0.2) is 0 Å². The van der Waals surface area contributed by atoms with Crippen molar-refractivity contribution in [3.63, 3.8) is 0 Å². The summed E-state index contributed by atoms with van der Waals surface area (Å²) in [6.45, 7) is 7.64. The van der Waals surface area contributed by atoms with Gasteiger partial charge in [-0.2, -0.15) is 5.10 Å². The highest BCUT2D eigenvalue weighted by Crippen LogP contribution is 2.39. The lowest BCUT2D eigenvalue weighted by molar-refractivity contribution is -0.136. The number of aryl methyl sites for hydroxylation is 2. The maximum absolute atomic E-state index is 12.8. The molecule has 2 fully saturated rings. The molecule has 28 heavy (non-hydrogen) atoms. The molecule has 0 radical (unpaired) electrons. The lowest BCUT2D eigenvalue weighted by atomic mass is 9.73. The third kappa shape index (κ3) is 4.61. The van der Waals surface area contributed by atoms with Crippen LogP contribution in [0.4, 0.5) is 0 Å². The Morgan fingerprint density at radius 3 is 2.79 bits per heavy atom. The van der Waals surface area contributed by atoms with Gasteiger partial charge in [-0.1, -0.05) is 6.07 Å². The Morgan fingerprint density at radius 2 is 2.00 bits per heavy atom. The maximum atomic E-state index is 12.8. The smallest absolute Gasteiger partial charge is 0.224 e. The molecule has 2 aliphatic heterocycles. The van der Waals surface area contributed by atoms with Crippen LogP contribution in [0.2, 0.25) is 0 Å². The Hall–Kier alpha value is -2.21. The standard InChI is InChI=1S/C22H31N5O/c1-19-6-2-7-20(24-19)16-25-12-3-9-22(17-25)10-4-13-26(18-22)21(28)8-15-27-14-5-11-23-27/h2,5-7,11,14H,3-4,8-10,12-13,15-18H2,1H3. The van der Waals surface area contributed by atoms with Crippen LogP contribution in [-0.4, -0.2) is 56.7 Å². The van der Waals surface area contributed by atoms with Gasteiger partial charge in [0.2, 0.25) is 5.91 Å². The second-order valence-electron chi connectivity index (χ2n) is 8.52. The first-order chi connectivity index (χ1) is 13.6. The molecule has 1 unspecified atom stereocenters. The minimum atomic E-state index is 0.252. The molecule has 2 saturated heterocycles. The van der Waals surface area contributed by atoms with Gasteiger partial charge in [-0.15, -0.1) is 0 Å². The Morgan fingerprint density at radius 1 is 1.14 bits per heavy atom. The van der Waals surface area contributed by atoms with Crippen LogP contribution in [-0.2, 0) is 17.9 Å². The van der Waals surface area contributed by atoms with Crippen LogP contribution in [0.3, 0.4) is 0 Å². The quantitative estimate of drug-likeness (QED) is 0.799. The molecule has 1 spiro atoms. The maximum Gasteiger partial charge on any atom is 0.224 e. The number of likely N-dealkylation sites (tertiary alicyclic amines) is 2. The van der Waals surface area contributed by atoms with Gasteiger partial charge in [0, 0.05) is 62.6 Å². The van der Waals surface area contributed by atoms with E-state index in [1.807, 2.05) is 16.9 Å². The molecule has 1 atom stereocenters. The number of piperidine rings is 2. The van der Waals surface area contributed by atoms with E-state index in [4.69, 9.17) is 0 Å². The molecule has 0 aromatic carbocycles. The van der Waals surface area contributed by atoms with Crippen molar-refractivity contribution < 1.29 is 4.79 Å². The average molecular weight is 382 g/mol. The summed E-state index contributed by atoms with van der Waals surface area (Å²) in [5.74, 6) is 0.270. The number of hydrogen-bond donors (Lipinski definition) is 0. The third-order valence-corrected chi connectivity index (χ3v) is 6.20. The SMILES string of the molecule is Cc1cccc(CN2CCCC3(CCCN(C(=O)CCn4cccn4)C3)C2)n1. The van der Waals surface area contributed by atoms with E-state index in [-0.39, 0.29) is 11.3 Å². The molecule has 2 aromatic rings. The number of hydrogen-bond acceptors (Lipinski definition) is 4. The van der Waals surface area contributed by atoms with Crippen molar-refractivity contribution >= 4 is 5.91 Å². The second kappa shape index (κ2) is 8.43. The lowest BCUT2D eigenvalue weighted by Crippen LogP contribution is -2.53. The molecule has 4 rings (SSSR count). The van der Waals surface area contributed by atoms with E-state index in [0.717, 1.165) is 50.5 Å². The van der Waals surface area contributed by atoms with Crippen LogP contribution in [0.25, 0.3) is 0 Å². The number of amides is 1. The van der Waals surface area contributed by atoms with Gasteiger partial charge in [-0.25, -0.2) is 0 Å². The summed E-state index contributed by atoms with van der Waals surface area (Å²) < 4.78 is 1.84. The summed E-state index contributed by atoms with van der Waals surface area (Å²) in [6, 6.07) is 8.17. The minimum absolute atomic E-state index is 0.252. The van der Waals surface area contributed by atoms with Crippen LogP contribution < -0.4 is 0 Å². The van der Waals surface area contributed by atoms with Gasteiger partial charge in [0.1, 0.15) is 0 Å². The first-order valence-corrected chi connectivity index (χ1v) is 10.5. The fourth-order valence-electron chi connectivity index (χ4n) is 4.92. The van der Waals surface area contributed by atoms with Crippen LogP contribution >= 0.6 is 0 Å². The number of aromatic nitrogens is 3. The highest BCUT2D eigenvalue weighted by molar-refractivity contribution is 5.76. The highest BCUT2D eigenvalue weighted by atomic mass is 16.2. The predicted molar refractivity (Wildman–Crippen MR) is 109 cm³/mol. The Balaban J connectivity index is 1.35. The van der Waals surface area contributed by atoms with Crippen molar-refractivity contribution in [2.75, 3.05) is 26.2 Å². The fraction of sp³-hybridized carbons (Fsp3) is 0.591. The van der Waals surface area contributed by atoms with Crippen LogP contribution in [0.5, 0.6) is 0 Å². The predicted octanol–water partition coefficient (Wildman–Crippen LogP) is 2.88. The normalized spacial score (nSPS) is 23.2. The van der Waals surface area contributed by atoms with Crippen molar-refractivity contribution in [1.29, 1.82) is 0 Å². The monoisotopic (exact) mass is 381 g/mol. The first kappa shape index (κ1) is 19.1. The van der Waals surface area contributed by atoms with Crippen LogP contribution in [0.1, 0.15) is 43.5 Å². The van der Waals surface area contributed by atoms with E-state index in [2.05, 4.69) is 45.0 Å². The molecule has 0 bridgehead atoms. The molecule has 6 nitrogen and oxygen atoms in total. The topological polar surface area (TPSA) is 54.3 Å². The molecule has 2 aliphatic rings. The van der Waals surface area contributed by atoms with Gasteiger partial charge >= 0.3 is 0 Å². The minimum Gasteiger partial charge on any atom is -0.342 e. The Kier molecular flexibility index (Phi) is 5.76. The molecule has 0 N–H and O–H groups in total. The summed E-state index contributed by atoms with van der Waals surface area (Å²) in [6.07, 6.45) is 9.00. The van der Waals surface area contributed by atoms with E-state index in [0.29, 0.717) is 13.0 Å². The highest BCUT2D eigenvalue weighted by Gasteiger charge is 2.40. The fourth-order valence-corrected chi connectivity index (χ4v) is 4.92. The van der Waals surface area contributed by atoms with Gasteiger partial charge < -0.3 is 4.90 Å². The van der Waals surface area contributed by atoms with Crippen LogP contribution in [0, 0.1) is 12.3 Å². The van der Waals surface area contributed by atoms with E-state index in [1.54, 1.807) is 6.20 Å². The summed E-state index contributed by atoms with van der Waals surface area (Å²) >= 11 is 0. The van der Waals surface area contributed by atoms with Crippen molar-refractivity contribution in [2.45, 2.75) is 52.1 Å². The number of carbonyl (C=O) groups excluding carboxylic acids is 1. The van der Waals surface area contributed by atoms with Gasteiger partial charge in [-0.05, 0) is 57.4 Å². The molecule has 2 aromatic heterocycles. The van der Waals surface area contributed by atoms with E-state index < -0.39 is 0 Å². The molecular weight excluding hydrogens is 350 g/mol. The molecule has 0 saturated carbocycles. The van der Waals surface area contributed by atoms with E-state index in [1.165, 1.54) is 19.3 Å². The summed E-state index contributed by atoms with van der Waals surface area (Å²) in [5, 5.41) is 4.21. The molecule has 1 amide bonds. The zero-order valence-corrected chi connectivity index (χ0v) is 16.9. The molecule has 0 aliphatic carbocycles. The van der Waals surface area contributed by atoms with Gasteiger partial charge in [-0.3, -0.25) is 19.4 Å². The number of nitrogens with zero attached hydrogens (tertiary/aromatic N) is 5. The third-order valence-electron chi connectivity index (χ3n) is 6.20. The van der Waals surface area contributed by atoms with Crippen molar-refractivity contribution in [3.05, 3.63) is 48.0 Å². The molecular formula is C22H31N5O. The van der Waals surface area contributed by atoms with Crippen LogP contribution in [0.15, 0.2) is 36.7 Å². The Labute approximate surface area is 167 Å². The van der Waals surface area contributed by atoms with Crippen molar-refractivity contribution in [3.8, 4) is 0 Å².